The van der Waals surface area contributed by atoms with Crippen molar-refractivity contribution in [2.45, 2.75) is 71.4 Å². The molecule has 0 bridgehead atoms. The Morgan fingerprint density at radius 1 is 1.24 bits per heavy atom. The number of nitrogens with one attached hydrogen (secondary N) is 1. The van der Waals surface area contributed by atoms with Crippen molar-refractivity contribution in [2.75, 3.05) is 33.4 Å². The summed E-state index contributed by atoms with van der Waals surface area (Å²) in [6, 6.07) is 1.37. The Morgan fingerprint density at radius 2 is 1.95 bits per heavy atom. The van der Waals surface area contributed by atoms with E-state index in [1.54, 1.807) is 0 Å². The predicted molar refractivity (Wildman–Crippen MR) is 89.7 cm³/mol. The first-order chi connectivity index (χ1) is 10.0. The summed E-state index contributed by atoms with van der Waals surface area (Å²) >= 11 is 0. The second kappa shape index (κ2) is 7.94. The van der Waals surface area contributed by atoms with E-state index in [1.807, 2.05) is 0 Å². The quantitative estimate of drug-likeness (QED) is 0.814. The second-order valence-electron chi connectivity index (χ2n) is 7.99. The minimum Gasteiger partial charge on any atom is -0.381 e. The number of hydrogen-bond acceptors (Lipinski definition) is 3. The maximum absolute atomic E-state index is 5.63. The van der Waals surface area contributed by atoms with E-state index in [0.717, 1.165) is 31.7 Å². The van der Waals surface area contributed by atoms with Gasteiger partial charge in [-0.3, -0.25) is 0 Å². The Labute approximate surface area is 131 Å². The summed E-state index contributed by atoms with van der Waals surface area (Å²) in [5, 5.41) is 3.69. The van der Waals surface area contributed by atoms with Gasteiger partial charge in [-0.1, -0.05) is 33.6 Å². The van der Waals surface area contributed by atoms with Gasteiger partial charge in [-0.15, -0.1) is 0 Å². The highest BCUT2D eigenvalue weighted by atomic mass is 16.5. The number of hydrogen-bond donors (Lipinski definition) is 1. The second-order valence-corrected chi connectivity index (χ2v) is 7.99. The van der Waals surface area contributed by atoms with E-state index in [-0.39, 0.29) is 0 Å². The van der Waals surface area contributed by atoms with Gasteiger partial charge in [0.1, 0.15) is 0 Å². The molecule has 0 aromatic heterocycles. The third kappa shape index (κ3) is 5.22. The lowest BCUT2D eigenvalue weighted by Gasteiger charge is -2.44. The lowest BCUT2D eigenvalue weighted by atomic mass is 9.78. The van der Waals surface area contributed by atoms with Crippen molar-refractivity contribution in [1.29, 1.82) is 0 Å². The highest BCUT2D eigenvalue weighted by Gasteiger charge is 2.35. The number of ether oxygens (including phenoxy) is 1. The van der Waals surface area contributed by atoms with Crippen LogP contribution in [0.1, 0.15) is 59.3 Å². The molecule has 1 heterocycles. The molecule has 2 atom stereocenters. The largest absolute Gasteiger partial charge is 0.381 e. The molecule has 1 saturated carbocycles. The van der Waals surface area contributed by atoms with Crippen LogP contribution < -0.4 is 5.32 Å². The topological polar surface area (TPSA) is 24.5 Å². The Kier molecular flexibility index (Phi) is 6.51. The van der Waals surface area contributed by atoms with E-state index in [4.69, 9.17) is 4.74 Å². The lowest BCUT2D eigenvalue weighted by molar-refractivity contribution is -0.0116. The highest BCUT2D eigenvalue weighted by molar-refractivity contribution is 4.89. The van der Waals surface area contributed by atoms with Gasteiger partial charge in [0.05, 0.1) is 0 Å². The Morgan fingerprint density at radius 3 is 2.57 bits per heavy atom. The molecular formula is C18H36N2O. The summed E-state index contributed by atoms with van der Waals surface area (Å²) in [5.74, 6) is 0.908. The van der Waals surface area contributed by atoms with Gasteiger partial charge in [0.15, 0.2) is 0 Å². The average molecular weight is 296 g/mol. The summed E-state index contributed by atoms with van der Waals surface area (Å²) in [6.07, 6.45) is 8.04. The fourth-order valence-corrected chi connectivity index (χ4v) is 4.08. The van der Waals surface area contributed by atoms with Gasteiger partial charge in [-0.2, -0.15) is 0 Å². The minimum atomic E-state index is 0.415. The van der Waals surface area contributed by atoms with Crippen molar-refractivity contribution in [3.63, 3.8) is 0 Å². The standard InChI is InChI=1S/C18H36N2O/c1-15(2)19-13-18(8-10-21-11-9-18)14-20(4)17-7-5-6-16(3)12-17/h15-17,19H,5-14H2,1-4H3. The summed E-state index contributed by atoms with van der Waals surface area (Å²) in [4.78, 5) is 2.67. The zero-order valence-corrected chi connectivity index (χ0v) is 14.7. The van der Waals surface area contributed by atoms with Crippen molar-refractivity contribution in [3.8, 4) is 0 Å². The number of nitrogens with zero attached hydrogens (tertiary/aromatic N) is 1. The molecule has 0 radical (unpaired) electrons. The maximum Gasteiger partial charge on any atom is 0.0472 e. The molecule has 2 rings (SSSR count). The van der Waals surface area contributed by atoms with Crippen molar-refractivity contribution in [1.82, 2.24) is 10.2 Å². The summed E-state index contributed by atoms with van der Waals surface area (Å²) < 4.78 is 5.63. The lowest BCUT2D eigenvalue weighted by Crippen LogP contribution is -2.50. The molecule has 1 N–H and O–H groups in total. The molecule has 21 heavy (non-hydrogen) atoms. The molecule has 1 aliphatic carbocycles. The maximum atomic E-state index is 5.63. The van der Waals surface area contributed by atoms with Gasteiger partial charge in [0.25, 0.3) is 0 Å². The summed E-state index contributed by atoms with van der Waals surface area (Å²) in [6.45, 7) is 11.2. The smallest absolute Gasteiger partial charge is 0.0472 e. The third-order valence-corrected chi connectivity index (χ3v) is 5.56. The van der Waals surface area contributed by atoms with Crippen molar-refractivity contribution in [2.24, 2.45) is 11.3 Å². The van der Waals surface area contributed by atoms with E-state index < -0.39 is 0 Å². The number of rotatable bonds is 6. The molecule has 2 aliphatic rings. The van der Waals surface area contributed by atoms with E-state index in [9.17, 15) is 0 Å². The Balaban J connectivity index is 1.93. The minimum absolute atomic E-state index is 0.415. The third-order valence-electron chi connectivity index (χ3n) is 5.56. The van der Waals surface area contributed by atoms with Gasteiger partial charge in [0, 0.05) is 38.4 Å². The van der Waals surface area contributed by atoms with Crippen molar-refractivity contribution >= 4 is 0 Å². The molecule has 1 saturated heterocycles. The zero-order valence-electron chi connectivity index (χ0n) is 14.7. The van der Waals surface area contributed by atoms with Crippen LogP contribution in [0.15, 0.2) is 0 Å². The molecule has 2 fully saturated rings. The van der Waals surface area contributed by atoms with Crippen LogP contribution >= 0.6 is 0 Å². The first kappa shape index (κ1) is 17.2. The van der Waals surface area contributed by atoms with Crippen LogP contribution in [0.25, 0.3) is 0 Å². The monoisotopic (exact) mass is 296 g/mol. The molecule has 3 heteroatoms. The van der Waals surface area contributed by atoms with Crippen LogP contribution in [-0.2, 0) is 4.74 Å². The van der Waals surface area contributed by atoms with Crippen molar-refractivity contribution in [3.05, 3.63) is 0 Å². The van der Waals surface area contributed by atoms with Crippen molar-refractivity contribution < 1.29 is 4.74 Å². The van der Waals surface area contributed by atoms with Crippen LogP contribution in [0, 0.1) is 11.3 Å². The van der Waals surface area contributed by atoms with E-state index in [1.165, 1.54) is 45.1 Å². The van der Waals surface area contributed by atoms with Crippen LogP contribution in [0.2, 0.25) is 0 Å². The molecule has 1 aliphatic heterocycles. The van der Waals surface area contributed by atoms with Gasteiger partial charge in [0.2, 0.25) is 0 Å². The summed E-state index contributed by atoms with van der Waals surface area (Å²) in [7, 11) is 2.36. The van der Waals surface area contributed by atoms with Gasteiger partial charge in [-0.25, -0.2) is 0 Å². The van der Waals surface area contributed by atoms with Crippen LogP contribution in [-0.4, -0.2) is 50.3 Å². The SMILES string of the molecule is CC1CCCC(N(C)CC2(CNC(C)C)CCOCC2)C1. The Bertz CT molecular complexity index is 300. The highest BCUT2D eigenvalue weighted by Crippen LogP contribution is 2.34. The fraction of sp³-hybridized carbons (Fsp3) is 1.00. The molecule has 124 valence electrons. The van der Waals surface area contributed by atoms with Gasteiger partial charge >= 0.3 is 0 Å². The average Bonchev–Trinajstić information content (AvgIpc) is 2.46. The normalized spacial score (nSPS) is 30.0. The molecular weight excluding hydrogens is 260 g/mol. The van der Waals surface area contributed by atoms with E-state index in [2.05, 4.69) is 38.0 Å². The fourth-order valence-electron chi connectivity index (χ4n) is 4.08. The van der Waals surface area contributed by atoms with E-state index >= 15 is 0 Å². The molecule has 3 nitrogen and oxygen atoms in total. The van der Waals surface area contributed by atoms with E-state index in [0.29, 0.717) is 11.5 Å². The molecule has 0 aromatic carbocycles. The first-order valence-electron chi connectivity index (χ1n) is 9.02. The van der Waals surface area contributed by atoms with Crippen LogP contribution in [0.4, 0.5) is 0 Å². The van der Waals surface area contributed by atoms with Crippen LogP contribution in [0.5, 0.6) is 0 Å². The predicted octanol–water partition coefficient (Wildman–Crippen LogP) is 3.29. The molecule has 0 amide bonds. The van der Waals surface area contributed by atoms with Gasteiger partial charge < -0.3 is 15.0 Å². The molecule has 0 aromatic rings. The first-order valence-corrected chi connectivity index (χ1v) is 9.02. The Hall–Kier alpha value is -0.120. The summed E-state index contributed by atoms with van der Waals surface area (Å²) in [5.41, 5.74) is 0.415. The van der Waals surface area contributed by atoms with Gasteiger partial charge in [-0.05, 0) is 44.1 Å². The van der Waals surface area contributed by atoms with Crippen LogP contribution in [0.3, 0.4) is 0 Å². The molecule has 0 spiro atoms. The molecule has 2 unspecified atom stereocenters. The zero-order chi connectivity index (χ0) is 15.3.